The molecule has 0 fully saturated rings. The van der Waals surface area contributed by atoms with Gasteiger partial charge >= 0.3 is 0 Å². The number of furan rings is 1. The monoisotopic (exact) mass is 240 g/mol. The highest BCUT2D eigenvalue weighted by molar-refractivity contribution is 5.78. The van der Waals surface area contributed by atoms with Crippen LogP contribution in [-0.2, 0) is 4.79 Å². The number of likely N-dealkylation sites (N-methyl/N-ethyl adjacent to an activating group) is 1. The van der Waals surface area contributed by atoms with Crippen LogP contribution >= 0.6 is 0 Å². The van der Waals surface area contributed by atoms with Gasteiger partial charge in [-0.2, -0.15) is 0 Å². The van der Waals surface area contributed by atoms with Crippen molar-refractivity contribution >= 4 is 5.91 Å². The molecule has 0 aromatic carbocycles. The van der Waals surface area contributed by atoms with Crippen molar-refractivity contribution in [3.63, 3.8) is 0 Å². The molecule has 1 aromatic rings. The average Bonchev–Trinajstić information content (AvgIpc) is 2.81. The molecule has 1 aromatic heterocycles. The highest BCUT2D eigenvalue weighted by atomic mass is 16.3. The van der Waals surface area contributed by atoms with Gasteiger partial charge in [-0.1, -0.05) is 6.92 Å². The zero-order valence-electron chi connectivity index (χ0n) is 10.3. The lowest BCUT2D eigenvalue weighted by Gasteiger charge is -2.19. The third-order valence-electron chi connectivity index (χ3n) is 2.58. The van der Waals surface area contributed by atoms with Crippen molar-refractivity contribution < 1.29 is 14.3 Å². The molecular formula is C12H20N2O3. The summed E-state index contributed by atoms with van der Waals surface area (Å²) in [5.74, 6) is 0.674. The first-order valence-corrected chi connectivity index (χ1v) is 5.83. The molecule has 1 rings (SSSR count). The van der Waals surface area contributed by atoms with Crippen LogP contribution in [0, 0.1) is 0 Å². The van der Waals surface area contributed by atoms with E-state index in [-0.39, 0.29) is 18.6 Å². The fourth-order valence-electron chi connectivity index (χ4n) is 1.59. The van der Waals surface area contributed by atoms with Crippen molar-refractivity contribution in [1.29, 1.82) is 0 Å². The quantitative estimate of drug-likeness (QED) is 0.739. The summed E-state index contributed by atoms with van der Waals surface area (Å²) in [5, 5.41) is 11.7. The van der Waals surface area contributed by atoms with E-state index in [2.05, 4.69) is 5.32 Å². The van der Waals surface area contributed by atoms with Crippen LogP contribution in [0.1, 0.15) is 25.6 Å². The minimum Gasteiger partial charge on any atom is -0.467 e. The van der Waals surface area contributed by atoms with Gasteiger partial charge in [-0.25, -0.2) is 0 Å². The van der Waals surface area contributed by atoms with Crippen LogP contribution in [0.15, 0.2) is 22.8 Å². The topological polar surface area (TPSA) is 65.7 Å². The standard InChI is InChI=1S/C12H20N2O3/c1-3-14(6-7-15)9-12(16)13-10(2)11-5-4-8-17-11/h4-5,8,10,15H,3,6-7,9H2,1-2H3,(H,13,16). The Morgan fingerprint density at radius 1 is 1.65 bits per heavy atom. The number of amides is 1. The Balaban J connectivity index is 2.38. The first-order valence-electron chi connectivity index (χ1n) is 5.83. The number of hydrogen-bond donors (Lipinski definition) is 2. The summed E-state index contributed by atoms with van der Waals surface area (Å²) >= 11 is 0. The maximum absolute atomic E-state index is 11.7. The molecule has 0 bridgehead atoms. The Labute approximate surface area is 101 Å². The van der Waals surface area contributed by atoms with Crippen LogP contribution < -0.4 is 5.32 Å². The predicted octanol–water partition coefficient (Wildman–Crippen LogP) is 0.771. The van der Waals surface area contributed by atoms with Crippen LogP contribution in [0.2, 0.25) is 0 Å². The van der Waals surface area contributed by atoms with E-state index in [9.17, 15) is 4.79 Å². The smallest absolute Gasteiger partial charge is 0.234 e. The Morgan fingerprint density at radius 2 is 2.41 bits per heavy atom. The highest BCUT2D eigenvalue weighted by Crippen LogP contribution is 2.11. The van der Waals surface area contributed by atoms with E-state index in [0.29, 0.717) is 13.1 Å². The Morgan fingerprint density at radius 3 is 2.94 bits per heavy atom. The second-order valence-corrected chi connectivity index (χ2v) is 3.90. The second-order valence-electron chi connectivity index (χ2n) is 3.90. The van der Waals surface area contributed by atoms with Gasteiger partial charge in [0.15, 0.2) is 0 Å². The molecular weight excluding hydrogens is 220 g/mol. The van der Waals surface area contributed by atoms with Gasteiger partial charge in [0, 0.05) is 6.54 Å². The van der Waals surface area contributed by atoms with Gasteiger partial charge in [-0.3, -0.25) is 9.69 Å². The first-order chi connectivity index (χ1) is 8.17. The third kappa shape index (κ3) is 4.58. The van der Waals surface area contributed by atoms with Gasteiger partial charge in [-0.05, 0) is 25.6 Å². The van der Waals surface area contributed by atoms with Crippen molar-refractivity contribution in [3.8, 4) is 0 Å². The molecule has 1 atom stereocenters. The molecule has 5 heteroatoms. The van der Waals surface area contributed by atoms with E-state index >= 15 is 0 Å². The van der Waals surface area contributed by atoms with Crippen LogP contribution in [0.5, 0.6) is 0 Å². The number of carbonyl (C=O) groups excluding carboxylic acids is 1. The van der Waals surface area contributed by atoms with Gasteiger partial charge in [-0.15, -0.1) is 0 Å². The van der Waals surface area contributed by atoms with Crippen molar-refractivity contribution in [2.24, 2.45) is 0 Å². The fourth-order valence-corrected chi connectivity index (χ4v) is 1.59. The number of rotatable bonds is 7. The van der Waals surface area contributed by atoms with Crippen LogP contribution in [0.3, 0.4) is 0 Å². The van der Waals surface area contributed by atoms with Gasteiger partial charge in [0.1, 0.15) is 5.76 Å². The Kier molecular flexibility index (Phi) is 5.72. The minimum atomic E-state index is -0.134. The molecule has 1 amide bonds. The Hall–Kier alpha value is -1.33. The summed E-state index contributed by atoms with van der Waals surface area (Å²) in [6.45, 7) is 5.44. The molecule has 0 saturated carbocycles. The van der Waals surface area contributed by atoms with Crippen LogP contribution in [-0.4, -0.2) is 42.2 Å². The molecule has 0 aliphatic carbocycles. The third-order valence-corrected chi connectivity index (χ3v) is 2.58. The van der Waals surface area contributed by atoms with E-state index in [1.54, 1.807) is 12.3 Å². The summed E-state index contributed by atoms with van der Waals surface area (Å²) in [6.07, 6.45) is 1.59. The zero-order valence-corrected chi connectivity index (χ0v) is 10.3. The fraction of sp³-hybridized carbons (Fsp3) is 0.583. The molecule has 0 aliphatic rings. The average molecular weight is 240 g/mol. The normalized spacial score (nSPS) is 12.7. The van der Waals surface area contributed by atoms with E-state index in [0.717, 1.165) is 12.3 Å². The highest BCUT2D eigenvalue weighted by Gasteiger charge is 2.13. The summed E-state index contributed by atoms with van der Waals surface area (Å²) in [5.41, 5.74) is 0. The molecule has 96 valence electrons. The predicted molar refractivity (Wildman–Crippen MR) is 64.5 cm³/mol. The number of aliphatic hydroxyl groups is 1. The van der Waals surface area contributed by atoms with Gasteiger partial charge < -0.3 is 14.8 Å². The number of nitrogens with one attached hydrogen (secondary N) is 1. The number of aliphatic hydroxyl groups excluding tert-OH is 1. The summed E-state index contributed by atoms with van der Waals surface area (Å²) in [4.78, 5) is 13.6. The number of hydrogen-bond acceptors (Lipinski definition) is 4. The van der Waals surface area contributed by atoms with E-state index in [1.165, 1.54) is 0 Å². The van der Waals surface area contributed by atoms with E-state index in [1.807, 2.05) is 24.8 Å². The maximum atomic E-state index is 11.7. The Bertz CT molecular complexity index is 325. The van der Waals surface area contributed by atoms with Gasteiger partial charge in [0.05, 0.1) is 25.5 Å². The summed E-state index contributed by atoms with van der Waals surface area (Å²) in [6, 6.07) is 3.49. The number of nitrogens with zero attached hydrogens (tertiary/aromatic N) is 1. The van der Waals surface area contributed by atoms with Gasteiger partial charge in [0.2, 0.25) is 5.91 Å². The first kappa shape index (κ1) is 13.7. The van der Waals surface area contributed by atoms with Crippen molar-refractivity contribution in [1.82, 2.24) is 10.2 Å². The molecule has 2 N–H and O–H groups in total. The molecule has 5 nitrogen and oxygen atoms in total. The van der Waals surface area contributed by atoms with Crippen LogP contribution in [0.25, 0.3) is 0 Å². The minimum absolute atomic E-state index is 0.0643. The van der Waals surface area contributed by atoms with E-state index in [4.69, 9.17) is 9.52 Å². The molecule has 0 spiro atoms. The molecule has 1 unspecified atom stereocenters. The second kappa shape index (κ2) is 7.09. The molecule has 0 aliphatic heterocycles. The lowest BCUT2D eigenvalue weighted by molar-refractivity contribution is -0.123. The zero-order chi connectivity index (χ0) is 12.7. The van der Waals surface area contributed by atoms with Crippen molar-refractivity contribution in [2.45, 2.75) is 19.9 Å². The van der Waals surface area contributed by atoms with Crippen molar-refractivity contribution in [2.75, 3.05) is 26.2 Å². The molecule has 17 heavy (non-hydrogen) atoms. The van der Waals surface area contributed by atoms with Crippen molar-refractivity contribution in [3.05, 3.63) is 24.2 Å². The largest absolute Gasteiger partial charge is 0.467 e. The molecule has 1 heterocycles. The summed E-state index contributed by atoms with van der Waals surface area (Å²) < 4.78 is 5.21. The molecule has 0 radical (unpaired) electrons. The lowest BCUT2D eigenvalue weighted by Crippen LogP contribution is -2.39. The SMILES string of the molecule is CCN(CCO)CC(=O)NC(C)c1ccco1. The van der Waals surface area contributed by atoms with Crippen LogP contribution in [0.4, 0.5) is 0 Å². The number of carbonyl (C=O) groups is 1. The summed E-state index contributed by atoms with van der Waals surface area (Å²) in [7, 11) is 0. The van der Waals surface area contributed by atoms with Gasteiger partial charge in [0.25, 0.3) is 0 Å². The van der Waals surface area contributed by atoms with E-state index < -0.39 is 0 Å². The lowest BCUT2D eigenvalue weighted by atomic mass is 10.2. The molecule has 0 saturated heterocycles. The maximum Gasteiger partial charge on any atom is 0.234 e.